The molecule has 0 unspecified atom stereocenters. The first-order valence-electron chi connectivity index (χ1n) is 9.94. The summed E-state index contributed by atoms with van der Waals surface area (Å²) in [4.78, 5) is 20.9. The number of halogens is 3. The Kier molecular flexibility index (Phi) is 5.28. The molecule has 0 spiro atoms. The average molecular weight is 442 g/mol. The van der Waals surface area contributed by atoms with Gasteiger partial charge in [-0.2, -0.15) is 0 Å². The van der Waals surface area contributed by atoms with Crippen molar-refractivity contribution in [3.8, 4) is 11.5 Å². The first-order valence-corrected chi connectivity index (χ1v) is 9.94. The van der Waals surface area contributed by atoms with Crippen LogP contribution in [-0.2, 0) is 24.8 Å². The van der Waals surface area contributed by atoms with Gasteiger partial charge in [0.15, 0.2) is 5.82 Å². The van der Waals surface area contributed by atoms with Crippen molar-refractivity contribution in [2.75, 3.05) is 7.11 Å². The molecule has 0 aliphatic carbocycles. The second kappa shape index (κ2) is 7.81. The van der Waals surface area contributed by atoms with Crippen molar-refractivity contribution in [2.45, 2.75) is 25.8 Å². The van der Waals surface area contributed by atoms with Crippen LogP contribution in [0.15, 0.2) is 43.0 Å². The van der Waals surface area contributed by atoms with E-state index in [-0.39, 0.29) is 5.56 Å². The van der Waals surface area contributed by atoms with Gasteiger partial charge in [0.1, 0.15) is 11.5 Å². The number of allylic oxidation sites excluding steroid dienone is 1. The molecule has 0 aliphatic rings. The predicted octanol–water partition coefficient (Wildman–Crippen LogP) is 4.90. The molecule has 3 heterocycles. The maximum Gasteiger partial charge on any atom is 0.340 e. The Morgan fingerprint density at radius 3 is 2.66 bits per heavy atom. The minimum absolute atomic E-state index is 0.252. The number of imidazole rings is 1. The van der Waals surface area contributed by atoms with E-state index in [4.69, 9.17) is 0 Å². The molecule has 4 rings (SSSR count). The Labute approximate surface area is 181 Å². The molecule has 166 valence electrons. The number of rotatable bonds is 6. The van der Waals surface area contributed by atoms with Crippen molar-refractivity contribution in [3.05, 3.63) is 60.1 Å². The molecule has 0 bridgehead atoms. The third kappa shape index (κ3) is 3.53. The van der Waals surface area contributed by atoms with Crippen LogP contribution < -0.4 is 0 Å². The highest BCUT2D eigenvalue weighted by atomic mass is 19.3. The zero-order chi connectivity index (χ0) is 23.2. The molecule has 0 amide bonds. The standard InChI is InChI=1S/C23H21F3N4O2/c1-5-14-8-7-13-9-19(30(20(13)27-14)12-23(25,26)6-2)21-28-17-10-15(22(31)32-4)16(24)11-18(17)29(21)3/h6-11H,2,5,12H2,1,3-4H3. The number of methoxy groups -OCH3 is 1. The Morgan fingerprint density at radius 2 is 2.00 bits per heavy atom. The lowest BCUT2D eigenvalue weighted by Gasteiger charge is -2.16. The number of hydrogen-bond donors (Lipinski definition) is 0. The second-order valence-corrected chi connectivity index (χ2v) is 7.46. The SMILES string of the molecule is C=CC(F)(F)Cn1c(-c2nc3cc(C(=O)OC)c(F)cc3n2C)cc2ccc(CC)nc21. The van der Waals surface area contributed by atoms with E-state index in [1.807, 2.05) is 19.1 Å². The van der Waals surface area contributed by atoms with E-state index in [1.165, 1.54) is 16.7 Å². The normalized spacial score (nSPS) is 11.9. The van der Waals surface area contributed by atoms with Gasteiger partial charge in [0.25, 0.3) is 5.92 Å². The van der Waals surface area contributed by atoms with Crippen LogP contribution >= 0.6 is 0 Å². The van der Waals surface area contributed by atoms with E-state index < -0.39 is 24.3 Å². The summed E-state index contributed by atoms with van der Waals surface area (Å²) in [7, 11) is 2.81. The van der Waals surface area contributed by atoms with Crippen LogP contribution in [0.25, 0.3) is 33.6 Å². The lowest BCUT2D eigenvalue weighted by molar-refractivity contribution is 0.0379. The number of aromatic nitrogens is 4. The first kappa shape index (κ1) is 21.6. The van der Waals surface area contributed by atoms with Crippen LogP contribution in [0.2, 0.25) is 0 Å². The van der Waals surface area contributed by atoms with Crippen molar-refractivity contribution >= 4 is 28.0 Å². The summed E-state index contributed by atoms with van der Waals surface area (Å²) in [5, 5.41) is 0.672. The van der Waals surface area contributed by atoms with Crippen LogP contribution in [0.4, 0.5) is 13.2 Å². The van der Waals surface area contributed by atoms with E-state index in [0.29, 0.717) is 46.1 Å². The summed E-state index contributed by atoms with van der Waals surface area (Å²) < 4.78 is 50.8. The predicted molar refractivity (Wildman–Crippen MR) is 115 cm³/mol. The van der Waals surface area contributed by atoms with Gasteiger partial charge in [-0.1, -0.05) is 13.5 Å². The Balaban J connectivity index is 1.99. The molecule has 0 N–H and O–H groups in total. The molecular formula is C23H21F3N4O2. The van der Waals surface area contributed by atoms with Crippen LogP contribution in [0, 0.1) is 5.82 Å². The summed E-state index contributed by atoms with van der Waals surface area (Å²) in [6.07, 6.45) is 1.25. The van der Waals surface area contributed by atoms with E-state index in [2.05, 4.69) is 21.3 Å². The topological polar surface area (TPSA) is 61.9 Å². The number of pyridine rings is 1. The number of hydrogen-bond acceptors (Lipinski definition) is 4. The van der Waals surface area contributed by atoms with Gasteiger partial charge in [-0.05, 0) is 36.8 Å². The largest absolute Gasteiger partial charge is 0.465 e. The third-order valence-corrected chi connectivity index (χ3v) is 5.44. The molecule has 0 saturated heterocycles. The first-order chi connectivity index (χ1) is 15.2. The highest BCUT2D eigenvalue weighted by Crippen LogP contribution is 2.32. The summed E-state index contributed by atoms with van der Waals surface area (Å²) in [6.45, 7) is 4.49. The molecule has 6 nitrogen and oxygen atoms in total. The van der Waals surface area contributed by atoms with Crippen LogP contribution in [-0.4, -0.2) is 38.1 Å². The van der Waals surface area contributed by atoms with Crippen molar-refractivity contribution in [2.24, 2.45) is 7.05 Å². The number of nitrogens with zero attached hydrogens (tertiary/aromatic N) is 4. The zero-order valence-electron chi connectivity index (χ0n) is 17.8. The Bertz CT molecular complexity index is 1370. The quantitative estimate of drug-likeness (QED) is 0.315. The molecule has 9 heteroatoms. The lowest BCUT2D eigenvalue weighted by atomic mass is 10.2. The van der Waals surface area contributed by atoms with Gasteiger partial charge < -0.3 is 13.9 Å². The van der Waals surface area contributed by atoms with Gasteiger partial charge in [-0.15, -0.1) is 0 Å². The highest BCUT2D eigenvalue weighted by Gasteiger charge is 2.29. The van der Waals surface area contributed by atoms with Crippen LogP contribution in [0.3, 0.4) is 0 Å². The average Bonchev–Trinajstić information content (AvgIpc) is 3.29. The molecule has 0 atom stereocenters. The fourth-order valence-corrected chi connectivity index (χ4v) is 3.69. The van der Waals surface area contributed by atoms with Gasteiger partial charge in [-0.25, -0.2) is 27.9 Å². The number of alkyl halides is 2. The van der Waals surface area contributed by atoms with E-state index in [0.717, 1.165) is 12.8 Å². The smallest absolute Gasteiger partial charge is 0.340 e. The summed E-state index contributed by atoms with van der Waals surface area (Å²) in [5.74, 6) is -4.43. The van der Waals surface area contributed by atoms with Gasteiger partial charge in [-0.3, -0.25) is 0 Å². The monoisotopic (exact) mass is 442 g/mol. The summed E-state index contributed by atoms with van der Waals surface area (Å²) in [6, 6.07) is 7.86. The zero-order valence-corrected chi connectivity index (χ0v) is 17.8. The Hall–Kier alpha value is -3.62. The molecule has 32 heavy (non-hydrogen) atoms. The van der Waals surface area contributed by atoms with Crippen molar-refractivity contribution in [1.29, 1.82) is 0 Å². The number of ether oxygens (including phenoxy) is 1. The molecule has 1 aromatic carbocycles. The van der Waals surface area contributed by atoms with E-state index in [1.54, 1.807) is 17.7 Å². The minimum atomic E-state index is -3.18. The van der Waals surface area contributed by atoms with Crippen LogP contribution in [0.5, 0.6) is 0 Å². The lowest BCUT2D eigenvalue weighted by Crippen LogP contribution is -2.22. The van der Waals surface area contributed by atoms with Crippen LogP contribution in [0.1, 0.15) is 23.0 Å². The van der Waals surface area contributed by atoms with Crippen molar-refractivity contribution in [1.82, 2.24) is 19.1 Å². The molecule has 3 aromatic heterocycles. The fraction of sp³-hybridized carbons (Fsp3) is 0.261. The molecule has 0 fully saturated rings. The summed E-state index contributed by atoms with van der Waals surface area (Å²) >= 11 is 0. The third-order valence-electron chi connectivity index (χ3n) is 5.44. The molecular weight excluding hydrogens is 421 g/mol. The highest BCUT2D eigenvalue weighted by molar-refractivity contribution is 5.95. The van der Waals surface area contributed by atoms with Gasteiger partial charge in [0, 0.05) is 24.2 Å². The minimum Gasteiger partial charge on any atom is -0.465 e. The van der Waals surface area contributed by atoms with Crippen molar-refractivity contribution in [3.63, 3.8) is 0 Å². The number of esters is 1. The van der Waals surface area contributed by atoms with Gasteiger partial charge >= 0.3 is 5.97 Å². The molecule has 0 aliphatic heterocycles. The number of fused-ring (bicyclic) bond motifs is 2. The van der Waals surface area contributed by atoms with Crippen molar-refractivity contribution < 1.29 is 22.7 Å². The summed E-state index contributed by atoms with van der Waals surface area (Å²) in [5.41, 5.74) is 2.03. The van der Waals surface area contributed by atoms with E-state index >= 15 is 0 Å². The van der Waals surface area contributed by atoms with Gasteiger partial charge in [0.2, 0.25) is 0 Å². The molecule has 0 saturated carbocycles. The Morgan fingerprint density at radius 1 is 1.25 bits per heavy atom. The number of carbonyl (C=O) groups excluding carboxylic acids is 1. The second-order valence-electron chi connectivity index (χ2n) is 7.46. The van der Waals surface area contributed by atoms with Gasteiger partial charge in [0.05, 0.1) is 35.9 Å². The maximum absolute atomic E-state index is 14.5. The number of carbonyl (C=O) groups is 1. The molecule has 0 radical (unpaired) electrons. The number of benzene rings is 1. The maximum atomic E-state index is 14.5. The number of aryl methyl sites for hydroxylation is 2. The van der Waals surface area contributed by atoms with E-state index in [9.17, 15) is 18.0 Å². The fourth-order valence-electron chi connectivity index (χ4n) is 3.69. The molecule has 4 aromatic rings.